The van der Waals surface area contributed by atoms with Gasteiger partial charge in [-0.3, -0.25) is 4.79 Å². The van der Waals surface area contributed by atoms with Gasteiger partial charge in [-0.05, 0) is 31.5 Å². The lowest BCUT2D eigenvalue weighted by molar-refractivity contribution is 0.102. The monoisotopic (exact) mass is 278 g/mol. The summed E-state index contributed by atoms with van der Waals surface area (Å²) in [5.41, 5.74) is 4.73. The first-order valence-corrected chi connectivity index (χ1v) is 7.15. The first-order chi connectivity index (χ1) is 10.2. The smallest absolute Gasteiger partial charge is 0.255 e. The van der Waals surface area contributed by atoms with Crippen LogP contribution in [0.1, 0.15) is 27.9 Å². The molecule has 0 unspecified atom stereocenters. The lowest BCUT2D eigenvalue weighted by Gasteiger charge is -2.12. The molecule has 0 bridgehead atoms. The van der Waals surface area contributed by atoms with Gasteiger partial charge in [0.25, 0.3) is 5.91 Å². The third kappa shape index (κ3) is 2.97. The Balaban J connectivity index is 1.86. The van der Waals surface area contributed by atoms with Crippen molar-refractivity contribution in [1.29, 1.82) is 0 Å². The van der Waals surface area contributed by atoms with Crippen molar-refractivity contribution in [2.45, 2.75) is 13.3 Å². The molecule has 0 radical (unpaired) electrons. The lowest BCUT2D eigenvalue weighted by Crippen LogP contribution is -2.15. The van der Waals surface area contributed by atoms with Crippen molar-refractivity contribution in [1.82, 2.24) is 5.32 Å². The molecule has 0 fully saturated rings. The average Bonchev–Trinajstić information content (AvgIpc) is 3.02. The second-order valence-corrected chi connectivity index (χ2v) is 5.20. The Labute approximate surface area is 124 Å². The topological polar surface area (TPSA) is 41.1 Å². The molecule has 0 spiro atoms. The first-order valence-electron chi connectivity index (χ1n) is 7.15. The van der Waals surface area contributed by atoms with E-state index in [2.05, 4.69) is 16.7 Å². The summed E-state index contributed by atoms with van der Waals surface area (Å²) in [5.74, 6) is -0.0789. The first kappa shape index (κ1) is 13.4. The molecule has 1 aliphatic heterocycles. The molecule has 2 N–H and O–H groups in total. The van der Waals surface area contributed by atoms with Crippen LogP contribution >= 0.6 is 0 Å². The fraction of sp³-hybridized carbons (Fsp3) is 0.167. The lowest BCUT2D eigenvalue weighted by atomic mass is 10.1. The van der Waals surface area contributed by atoms with E-state index in [0.717, 1.165) is 35.5 Å². The zero-order valence-corrected chi connectivity index (χ0v) is 12.0. The van der Waals surface area contributed by atoms with Crippen LogP contribution in [0.25, 0.3) is 5.70 Å². The molecular weight excluding hydrogens is 260 g/mol. The molecule has 1 amide bonds. The summed E-state index contributed by atoms with van der Waals surface area (Å²) in [6.07, 6.45) is 3.19. The zero-order chi connectivity index (χ0) is 14.7. The molecule has 3 rings (SSSR count). The van der Waals surface area contributed by atoms with Crippen LogP contribution in [-0.2, 0) is 0 Å². The molecule has 3 nitrogen and oxygen atoms in total. The molecule has 106 valence electrons. The van der Waals surface area contributed by atoms with E-state index in [9.17, 15) is 4.79 Å². The van der Waals surface area contributed by atoms with Crippen LogP contribution in [0.5, 0.6) is 0 Å². The molecule has 3 heteroatoms. The molecule has 0 saturated carbocycles. The maximum atomic E-state index is 12.4. The number of para-hydroxylation sites is 1. The molecule has 21 heavy (non-hydrogen) atoms. The summed E-state index contributed by atoms with van der Waals surface area (Å²) in [6, 6.07) is 15.5. The molecule has 2 aromatic carbocycles. The predicted octanol–water partition coefficient (Wildman–Crippen LogP) is 3.58. The maximum Gasteiger partial charge on any atom is 0.255 e. The number of carbonyl (C=O) groups excluding carboxylic acids is 1. The van der Waals surface area contributed by atoms with Gasteiger partial charge in [0.15, 0.2) is 0 Å². The molecule has 1 aliphatic rings. The number of hydrogen-bond donors (Lipinski definition) is 2. The van der Waals surface area contributed by atoms with E-state index in [-0.39, 0.29) is 5.91 Å². The van der Waals surface area contributed by atoms with Crippen LogP contribution < -0.4 is 10.6 Å². The molecular formula is C18H18N2O. The largest absolute Gasteiger partial charge is 0.384 e. The predicted molar refractivity (Wildman–Crippen MR) is 86.2 cm³/mol. The van der Waals surface area contributed by atoms with E-state index in [4.69, 9.17) is 0 Å². The molecule has 1 heterocycles. The van der Waals surface area contributed by atoms with E-state index in [1.807, 2.05) is 55.5 Å². The van der Waals surface area contributed by atoms with Gasteiger partial charge in [-0.2, -0.15) is 0 Å². The van der Waals surface area contributed by atoms with Gasteiger partial charge in [0, 0.05) is 23.4 Å². The highest BCUT2D eigenvalue weighted by Crippen LogP contribution is 2.25. The highest BCUT2D eigenvalue weighted by Gasteiger charge is 2.13. The maximum absolute atomic E-state index is 12.4. The Morgan fingerprint density at radius 2 is 2.00 bits per heavy atom. The van der Waals surface area contributed by atoms with Crippen LogP contribution in [-0.4, -0.2) is 12.5 Å². The van der Waals surface area contributed by atoms with Gasteiger partial charge in [-0.15, -0.1) is 0 Å². The van der Waals surface area contributed by atoms with E-state index in [0.29, 0.717) is 5.56 Å². The summed E-state index contributed by atoms with van der Waals surface area (Å²) in [6.45, 7) is 2.94. The van der Waals surface area contributed by atoms with Gasteiger partial charge < -0.3 is 10.6 Å². The van der Waals surface area contributed by atoms with Gasteiger partial charge in [0.1, 0.15) is 0 Å². The Hall–Kier alpha value is -2.55. The van der Waals surface area contributed by atoms with Crippen molar-refractivity contribution in [3.8, 4) is 0 Å². The Kier molecular flexibility index (Phi) is 3.73. The van der Waals surface area contributed by atoms with Crippen molar-refractivity contribution in [2.75, 3.05) is 11.9 Å². The Morgan fingerprint density at radius 1 is 1.14 bits per heavy atom. The van der Waals surface area contributed by atoms with Gasteiger partial charge in [0.05, 0.1) is 5.69 Å². The third-order valence-corrected chi connectivity index (χ3v) is 3.55. The zero-order valence-electron chi connectivity index (χ0n) is 12.0. The summed E-state index contributed by atoms with van der Waals surface area (Å²) < 4.78 is 0. The minimum absolute atomic E-state index is 0.0789. The fourth-order valence-electron chi connectivity index (χ4n) is 2.51. The number of anilines is 1. The van der Waals surface area contributed by atoms with Gasteiger partial charge in [-0.25, -0.2) is 0 Å². The van der Waals surface area contributed by atoms with Crippen molar-refractivity contribution in [3.05, 3.63) is 71.3 Å². The third-order valence-electron chi connectivity index (χ3n) is 3.55. The second-order valence-electron chi connectivity index (χ2n) is 5.20. The second kappa shape index (κ2) is 5.83. The average molecular weight is 278 g/mol. The highest BCUT2D eigenvalue weighted by atomic mass is 16.1. The van der Waals surface area contributed by atoms with Crippen LogP contribution in [0.15, 0.2) is 54.6 Å². The number of carbonyl (C=O) groups is 1. The van der Waals surface area contributed by atoms with Crippen molar-refractivity contribution in [2.24, 2.45) is 0 Å². The molecule has 0 aliphatic carbocycles. The van der Waals surface area contributed by atoms with E-state index in [1.165, 1.54) is 0 Å². The van der Waals surface area contributed by atoms with Crippen LogP contribution in [0, 0.1) is 6.92 Å². The molecule has 0 atom stereocenters. The summed E-state index contributed by atoms with van der Waals surface area (Å²) in [5, 5.41) is 6.36. The van der Waals surface area contributed by atoms with Crippen molar-refractivity contribution < 1.29 is 4.79 Å². The number of rotatable bonds is 3. The Morgan fingerprint density at radius 3 is 2.76 bits per heavy atom. The van der Waals surface area contributed by atoms with E-state index in [1.54, 1.807) is 0 Å². The van der Waals surface area contributed by atoms with Crippen LogP contribution in [0.2, 0.25) is 0 Å². The fourth-order valence-corrected chi connectivity index (χ4v) is 2.51. The molecule has 0 saturated heterocycles. The van der Waals surface area contributed by atoms with E-state index < -0.39 is 0 Å². The summed E-state index contributed by atoms with van der Waals surface area (Å²) in [4.78, 5) is 12.4. The summed E-state index contributed by atoms with van der Waals surface area (Å²) in [7, 11) is 0. The number of benzene rings is 2. The number of aryl methyl sites for hydroxylation is 1. The van der Waals surface area contributed by atoms with Gasteiger partial charge >= 0.3 is 0 Å². The quantitative estimate of drug-likeness (QED) is 0.901. The summed E-state index contributed by atoms with van der Waals surface area (Å²) >= 11 is 0. The standard InChI is InChI=1S/C18H18N2O/c1-13-6-4-7-14(12-13)18(21)20-17-9-3-2-8-15(17)16-10-5-11-19-16/h2-4,6-10,12,19H,5,11H2,1H3,(H,20,21). The highest BCUT2D eigenvalue weighted by molar-refractivity contribution is 6.05. The van der Waals surface area contributed by atoms with Crippen molar-refractivity contribution >= 4 is 17.3 Å². The normalized spacial score (nSPS) is 13.5. The van der Waals surface area contributed by atoms with Gasteiger partial charge in [0.2, 0.25) is 0 Å². The molecule has 2 aromatic rings. The van der Waals surface area contributed by atoms with E-state index >= 15 is 0 Å². The molecule has 0 aromatic heterocycles. The van der Waals surface area contributed by atoms with Crippen molar-refractivity contribution in [3.63, 3.8) is 0 Å². The number of hydrogen-bond acceptors (Lipinski definition) is 2. The van der Waals surface area contributed by atoms with Crippen LogP contribution in [0.3, 0.4) is 0 Å². The van der Waals surface area contributed by atoms with Crippen LogP contribution in [0.4, 0.5) is 5.69 Å². The minimum atomic E-state index is -0.0789. The minimum Gasteiger partial charge on any atom is -0.384 e. The van der Waals surface area contributed by atoms with Gasteiger partial charge in [-0.1, -0.05) is 42.0 Å². The number of amides is 1. The number of nitrogens with one attached hydrogen (secondary N) is 2. The Bertz CT molecular complexity index is 704. The SMILES string of the molecule is Cc1cccc(C(=O)Nc2ccccc2C2=CCCN2)c1.